The van der Waals surface area contributed by atoms with Crippen molar-refractivity contribution < 1.29 is 24.5 Å². The monoisotopic (exact) mass is 366 g/mol. The quantitative estimate of drug-likeness (QED) is 0.373. The first-order valence-electron chi connectivity index (χ1n) is 9.13. The Morgan fingerprint density at radius 2 is 1.92 bits per heavy atom. The molecule has 2 rings (SSSR count). The zero-order chi connectivity index (χ0) is 19.0. The summed E-state index contributed by atoms with van der Waals surface area (Å²) in [5.41, 5.74) is 5.67. The Morgan fingerprint density at radius 1 is 1.27 bits per heavy atom. The van der Waals surface area contributed by atoms with E-state index in [1.165, 1.54) is 0 Å². The lowest BCUT2D eigenvalue weighted by molar-refractivity contribution is -0.147. The van der Waals surface area contributed by atoms with Crippen molar-refractivity contribution in [3.63, 3.8) is 0 Å². The molecule has 146 valence electrons. The smallest absolute Gasteiger partial charge is 0.406 e. The second-order valence-corrected chi connectivity index (χ2v) is 7.08. The SMILES string of the molecule is CC1(CCCCC[C@@H](O)[C@](N)(Cc2ccccc2)NC(=O)O)OCCO1. The third-order valence-electron chi connectivity index (χ3n) is 4.78. The molecular weight excluding hydrogens is 336 g/mol. The van der Waals surface area contributed by atoms with Gasteiger partial charge in [0, 0.05) is 12.8 Å². The lowest BCUT2D eigenvalue weighted by Crippen LogP contribution is -2.64. The number of benzene rings is 1. The molecule has 7 heteroatoms. The van der Waals surface area contributed by atoms with Crippen molar-refractivity contribution in [1.29, 1.82) is 0 Å². The van der Waals surface area contributed by atoms with Crippen LogP contribution in [-0.4, -0.2) is 47.1 Å². The number of nitrogens with two attached hydrogens (primary N) is 1. The minimum Gasteiger partial charge on any atom is -0.465 e. The van der Waals surface area contributed by atoms with Gasteiger partial charge in [0.2, 0.25) is 0 Å². The van der Waals surface area contributed by atoms with E-state index in [2.05, 4.69) is 5.32 Å². The Morgan fingerprint density at radius 3 is 2.54 bits per heavy atom. The minimum atomic E-state index is -1.42. The number of aliphatic hydroxyl groups is 1. The molecule has 7 nitrogen and oxygen atoms in total. The van der Waals surface area contributed by atoms with Crippen LogP contribution < -0.4 is 11.1 Å². The highest BCUT2D eigenvalue weighted by Crippen LogP contribution is 2.26. The third kappa shape index (κ3) is 6.25. The molecule has 1 saturated heterocycles. The number of hydrogen-bond acceptors (Lipinski definition) is 5. The van der Waals surface area contributed by atoms with Gasteiger partial charge in [0.15, 0.2) is 5.79 Å². The van der Waals surface area contributed by atoms with Gasteiger partial charge in [0.1, 0.15) is 5.66 Å². The molecule has 0 bridgehead atoms. The highest BCUT2D eigenvalue weighted by atomic mass is 16.7. The second-order valence-electron chi connectivity index (χ2n) is 7.08. The Kier molecular flexibility index (Phi) is 7.40. The van der Waals surface area contributed by atoms with Crippen molar-refractivity contribution in [3.8, 4) is 0 Å². The van der Waals surface area contributed by atoms with E-state index in [1.807, 2.05) is 37.3 Å². The number of ether oxygens (including phenoxy) is 2. The molecule has 0 unspecified atom stereocenters. The molecule has 1 amide bonds. The molecule has 0 saturated carbocycles. The minimum absolute atomic E-state index is 0.223. The first-order valence-corrected chi connectivity index (χ1v) is 9.13. The third-order valence-corrected chi connectivity index (χ3v) is 4.78. The van der Waals surface area contributed by atoms with Gasteiger partial charge in [0.25, 0.3) is 0 Å². The zero-order valence-electron chi connectivity index (χ0n) is 15.3. The van der Waals surface area contributed by atoms with E-state index in [0.29, 0.717) is 19.6 Å². The molecule has 0 radical (unpaired) electrons. The number of hydrogen-bond donors (Lipinski definition) is 4. The van der Waals surface area contributed by atoms with Crippen molar-refractivity contribution in [3.05, 3.63) is 35.9 Å². The van der Waals surface area contributed by atoms with Crippen molar-refractivity contribution >= 4 is 6.09 Å². The van der Waals surface area contributed by atoms with E-state index in [9.17, 15) is 9.90 Å². The largest absolute Gasteiger partial charge is 0.465 e. The summed E-state index contributed by atoms with van der Waals surface area (Å²) < 4.78 is 11.1. The van der Waals surface area contributed by atoms with E-state index >= 15 is 0 Å². The van der Waals surface area contributed by atoms with Gasteiger partial charge in [-0.1, -0.05) is 43.2 Å². The van der Waals surface area contributed by atoms with Crippen LogP contribution in [0, 0.1) is 0 Å². The lowest BCUT2D eigenvalue weighted by atomic mass is 9.91. The molecule has 1 aromatic carbocycles. The van der Waals surface area contributed by atoms with Crippen molar-refractivity contribution in [2.75, 3.05) is 13.2 Å². The summed E-state index contributed by atoms with van der Waals surface area (Å²) in [6.07, 6.45) is 1.75. The molecule has 2 atom stereocenters. The van der Waals surface area contributed by atoms with E-state index in [1.54, 1.807) is 0 Å². The highest BCUT2D eigenvalue weighted by Gasteiger charge is 2.35. The van der Waals surface area contributed by atoms with Gasteiger partial charge in [-0.15, -0.1) is 0 Å². The van der Waals surface area contributed by atoms with Crippen molar-refractivity contribution in [2.24, 2.45) is 5.73 Å². The van der Waals surface area contributed by atoms with Gasteiger partial charge in [-0.3, -0.25) is 0 Å². The Bertz CT molecular complexity index is 562. The summed E-state index contributed by atoms with van der Waals surface area (Å²) in [4.78, 5) is 11.1. The topological polar surface area (TPSA) is 114 Å². The maximum absolute atomic E-state index is 11.1. The molecule has 0 spiro atoms. The molecule has 1 heterocycles. The van der Waals surface area contributed by atoms with Crippen LogP contribution >= 0.6 is 0 Å². The van der Waals surface area contributed by atoms with Crippen LogP contribution in [0.3, 0.4) is 0 Å². The molecule has 1 aliphatic rings. The van der Waals surface area contributed by atoms with Crippen LogP contribution in [0.4, 0.5) is 4.79 Å². The number of aliphatic hydroxyl groups excluding tert-OH is 1. The summed E-state index contributed by atoms with van der Waals surface area (Å²) in [6.45, 7) is 3.20. The van der Waals surface area contributed by atoms with E-state index < -0.39 is 23.6 Å². The fourth-order valence-corrected chi connectivity index (χ4v) is 3.30. The fraction of sp³-hybridized carbons (Fsp3) is 0.632. The molecule has 1 aliphatic heterocycles. The standard InChI is InChI=1S/C19H30N2O5/c1-18(25-12-13-26-18)11-7-3-6-10-16(22)19(20,21-17(23)24)14-15-8-4-2-5-9-15/h2,4-5,8-9,16,21-22H,3,6-7,10-14,20H2,1H3,(H,23,24)/t16-,19+/m1/s1. The number of carbonyl (C=O) groups is 1. The molecule has 0 aliphatic carbocycles. The van der Waals surface area contributed by atoms with Crippen LogP contribution in [0.1, 0.15) is 44.6 Å². The maximum Gasteiger partial charge on any atom is 0.406 e. The summed E-state index contributed by atoms with van der Waals surface area (Å²) in [5, 5.41) is 21.9. The maximum atomic E-state index is 11.1. The van der Waals surface area contributed by atoms with E-state index in [4.69, 9.17) is 20.3 Å². The van der Waals surface area contributed by atoms with Gasteiger partial charge in [-0.05, 0) is 25.3 Å². The van der Waals surface area contributed by atoms with Gasteiger partial charge >= 0.3 is 6.09 Å². The zero-order valence-corrected chi connectivity index (χ0v) is 15.3. The van der Waals surface area contributed by atoms with Crippen molar-refractivity contribution in [2.45, 2.75) is 63.0 Å². The van der Waals surface area contributed by atoms with Crippen LogP contribution in [0.15, 0.2) is 30.3 Å². The molecule has 1 fully saturated rings. The van der Waals surface area contributed by atoms with Crippen LogP contribution in [0.5, 0.6) is 0 Å². The second kappa shape index (κ2) is 9.32. The van der Waals surface area contributed by atoms with Gasteiger partial charge in [0.05, 0.1) is 19.3 Å². The van der Waals surface area contributed by atoms with Gasteiger partial charge in [-0.25, -0.2) is 4.79 Å². The molecule has 26 heavy (non-hydrogen) atoms. The Balaban J connectivity index is 1.81. The van der Waals surface area contributed by atoms with Gasteiger partial charge in [-0.2, -0.15) is 0 Å². The van der Waals surface area contributed by atoms with Crippen molar-refractivity contribution in [1.82, 2.24) is 5.32 Å². The molecular formula is C19H30N2O5. The average Bonchev–Trinajstić information content (AvgIpc) is 3.01. The summed E-state index contributed by atoms with van der Waals surface area (Å²) in [5.74, 6) is -0.492. The fourth-order valence-electron chi connectivity index (χ4n) is 3.30. The number of amides is 1. The molecule has 0 aromatic heterocycles. The highest BCUT2D eigenvalue weighted by molar-refractivity contribution is 5.65. The van der Waals surface area contributed by atoms with Crippen LogP contribution in [-0.2, 0) is 15.9 Å². The lowest BCUT2D eigenvalue weighted by Gasteiger charge is -2.34. The first kappa shape index (κ1) is 20.6. The summed E-state index contributed by atoms with van der Waals surface area (Å²) in [7, 11) is 0. The number of nitrogens with one attached hydrogen (secondary N) is 1. The number of rotatable bonds is 10. The normalized spacial score (nSPS) is 19.7. The molecule has 1 aromatic rings. The van der Waals surface area contributed by atoms with Crippen LogP contribution in [0.25, 0.3) is 0 Å². The predicted molar refractivity (Wildman–Crippen MR) is 97.6 cm³/mol. The summed E-state index contributed by atoms with van der Waals surface area (Å²) >= 11 is 0. The molecule has 5 N–H and O–H groups in total. The summed E-state index contributed by atoms with van der Waals surface area (Å²) in [6, 6.07) is 9.31. The van der Waals surface area contributed by atoms with Crippen LogP contribution in [0.2, 0.25) is 0 Å². The predicted octanol–water partition coefficient (Wildman–Crippen LogP) is 2.23. The Labute approximate surface area is 154 Å². The van der Waals surface area contributed by atoms with Gasteiger partial charge < -0.3 is 30.7 Å². The number of unbranched alkanes of at least 4 members (excludes halogenated alkanes) is 2. The number of carboxylic acid groups (broad SMARTS) is 1. The average molecular weight is 366 g/mol. The van der Waals surface area contributed by atoms with E-state index in [0.717, 1.165) is 31.2 Å². The Hall–Kier alpha value is -1.67. The van der Waals surface area contributed by atoms with E-state index in [-0.39, 0.29) is 6.42 Å². The first-order chi connectivity index (χ1) is 12.3.